The summed E-state index contributed by atoms with van der Waals surface area (Å²) in [5, 5.41) is 0.244. The summed E-state index contributed by atoms with van der Waals surface area (Å²) >= 11 is 9.23. The highest BCUT2D eigenvalue weighted by molar-refractivity contribution is 9.10. The molecule has 0 N–H and O–H groups in total. The zero-order valence-corrected chi connectivity index (χ0v) is 13.1. The van der Waals surface area contributed by atoms with E-state index in [1.807, 2.05) is 0 Å². The average Bonchev–Trinajstić information content (AvgIpc) is 2.36. The molecule has 0 atom stereocenters. The minimum atomic E-state index is -4.43. The predicted molar refractivity (Wildman–Crippen MR) is 78.8 cm³/mol. The average molecular weight is 378 g/mol. The molecule has 6 heteroatoms. The number of alkyl halides is 3. The van der Waals surface area contributed by atoms with Gasteiger partial charge in [0.15, 0.2) is 5.78 Å². The molecule has 0 saturated heterocycles. The van der Waals surface area contributed by atoms with Gasteiger partial charge < -0.3 is 0 Å². The van der Waals surface area contributed by atoms with E-state index in [0.717, 1.165) is 12.1 Å². The Balaban J connectivity index is 2.45. The second kappa shape index (κ2) is 5.81. The number of ketones is 1. The fourth-order valence-corrected chi connectivity index (χ4v) is 2.67. The zero-order chi connectivity index (χ0) is 15.8. The van der Waals surface area contributed by atoms with Crippen LogP contribution in [0.3, 0.4) is 0 Å². The number of aryl methyl sites for hydroxylation is 1. The molecule has 2 aromatic carbocycles. The highest BCUT2D eigenvalue weighted by Gasteiger charge is 2.31. The molecular weight excluding hydrogens is 369 g/mol. The summed E-state index contributed by atoms with van der Waals surface area (Å²) in [5.74, 6) is -0.404. The van der Waals surface area contributed by atoms with Gasteiger partial charge >= 0.3 is 6.18 Å². The van der Waals surface area contributed by atoms with Gasteiger partial charge in [-0.3, -0.25) is 4.79 Å². The number of benzene rings is 2. The quantitative estimate of drug-likeness (QED) is 0.617. The molecule has 1 nitrogen and oxygen atoms in total. The van der Waals surface area contributed by atoms with Gasteiger partial charge in [0.2, 0.25) is 0 Å². The smallest absolute Gasteiger partial charge is 0.289 e. The standard InChI is InChI=1S/C15H9BrClF3O/c1-8-6-9(15(18,19)20)2-4-11(8)14(21)12-5-3-10(16)7-13(12)17/h2-7H,1H3. The molecular formula is C15H9BrClF3O. The molecule has 0 aliphatic heterocycles. The Kier molecular flexibility index (Phi) is 4.44. The number of rotatable bonds is 2. The van der Waals surface area contributed by atoms with Crippen molar-refractivity contribution in [2.45, 2.75) is 13.1 Å². The molecule has 0 heterocycles. The normalized spacial score (nSPS) is 11.5. The van der Waals surface area contributed by atoms with Gasteiger partial charge in [0, 0.05) is 15.6 Å². The monoisotopic (exact) mass is 376 g/mol. The summed E-state index contributed by atoms with van der Waals surface area (Å²) in [4.78, 5) is 12.4. The molecule has 0 fully saturated rings. The van der Waals surface area contributed by atoms with E-state index in [4.69, 9.17) is 11.6 Å². The van der Waals surface area contributed by atoms with Gasteiger partial charge in [0.05, 0.1) is 10.6 Å². The van der Waals surface area contributed by atoms with Crippen LogP contribution in [0, 0.1) is 6.92 Å². The molecule has 0 amide bonds. The first-order valence-electron chi connectivity index (χ1n) is 5.88. The van der Waals surface area contributed by atoms with Gasteiger partial charge in [-0.15, -0.1) is 0 Å². The van der Waals surface area contributed by atoms with Crippen molar-refractivity contribution in [2.75, 3.05) is 0 Å². The second-order valence-corrected chi connectivity index (χ2v) is 5.80. The van der Waals surface area contributed by atoms with Crippen LogP contribution in [0.15, 0.2) is 40.9 Å². The summed E-state index contributed by atoms with van der Waals surface area (Å²) in [5.41, 5.74) is -0.0674. The third-order valence-electron chi connectivity index (χ3n) is 2.97. The highest BCUT2D eigenvalue weighted by atomic mass is 79.9. The van der Waals surface area contributed by atoms with Gasteiger partial charge in [-0.25, -0.2) is 0 Å². The molecule has 0 aliphatic carbocycles. The number of hydrogen-bond donors (Lipinski definition) is 0. The van der Waals surface area contributed by atoms with Crippen LogP contribution in [0.2, 0.25) is 5.02 Å². The maximum absolute atomic E-state index is 12.6. The molecule has 0 bridgehead atoms. The Hall–Kier alpha value is -1.33. The van der Waals surface area contributed by atoms with Crippen LogP contribution in [0.1, 0.15) is 27.0 Å². The van der Waals surface area contributed by atoms with E-state index in [1.165, 1.54) is 19.1 Å². The van der Waals surface area contributed by atoms with Crippen molar-refractivity contribution in [3.05, 3.63) is 68.1 Å². The van der Waals surface area contributed by atoms with Gasteiger partial charge in [-0.2, -0.15) is 13.2 Å². The Morgan fingerprint density at radius 2 is 1.71 bits per heavy atom. The lowest BCUT2D eigenvalue weighted by molar-refractivity contribution is -0.137. The summed E-state index contributed by atoms with van der Waals surface area (Å²) in [6, 6.07) is 7.78. The zero-order valence-electron chi connectivity index (χ0n) is 10.8. The molecule has 2 rings (SSSR count). The number of halogens is 5. The minimum Gasteiger partial charge on any atom is -0.289 e. The Bertz CT molecular complexity index is 711. The van der Waals surface area contributed by atoms with Gasteiger partial charge in [0.1, 0.15) is 0 Å². The molecule has 110 valence electrons. The van der Waals surface area contributed by atoms with Crippen LogP contribution in [0.25, 0.3) is 0 Å². The van der Waals surface area contributed by atoms with E-state index >= 15 is 0 Å². The SMILES string of the molecule is Cc1cc(C(F)(F)F)ccc1C(=O)c1ccc(Br)cc1Cl. The van der Waals surface area contributed by atoms with Crippen molar-refractivity contribution in [3.8, 4) is 0 Å². The molecule has 0 saturated carbocycles. The van der Waals surface area contributed by atoms with Crippen molar-refractivity contribution >= 4 is 33.3 Å². The van der Waals surface area contributed by atoms with E-state index in [2.05, 4.69) is 15.9 Å². The fraction of sp³-hybridized carbons (Fsp3) is 0.133. The molecule has 2 aromatic rings. The van der Waals surface area contributed by atoms with Crippen molar-refractivity contribution in [1.29, 1.82) is 0 Å². The summed E-state index contributed by atoms with van der Waals surface area (Å²) in [6.45, 7) is 1.47. The lowest BCUT2D eigenvalue weighted by Crippen LogP contribution is -2.09. The number of carbonyl (C=O) groups is 1. The lowest BCUT2D eigenvalue weighted by Gasteiger charge is -2.11. The molecule has 21 heavy (non-hydrogen) atoms. The topological polar surface area (TPSA) is 17.1 Å². The first kappa shape index (κ1) is 16.0. The predicted octanol–water partition coefficient (Wildman–Crippen LogP) is 5.66. The van der Waals surface area contributed by atoms with Crippen molar-refractivity contribution < 1.29 is 18.0 Å². The van der Waals surface area contributed by atoms with Gasteiger partial charge in [-0.05, 0) is 42.8 Å². The van der Waals surface area contributed by atoms with E-state index in [0.29, 0.717) is 4.47 Å². The number of hydrogen-bond acceptors (Lipinski definition) is 1. The summed E-state index contributed by atoms with van der Waals surface area (Å²) in [7, 11) is 0. The van der Waals surface area contributed by atoms with Crippen LogP contribution >= 0.6 is 27.5 Å². The third kappa shape index (κ3) is 3.47. The Morgan fingerprint density at radius 3 is 2.24 bits per heavy atom. The summed E-state index contributed by atoms with van der Waals surface area (Å²) in [6.07, 6.45) is -4.43. The van der Waals surface area contributed by atoms with Crippen LogP contribution in [0.4, 0.5) is 13.2 Å². The largest absolute Gasteiger partial charge is 0.416 e. The maximum atomic E-state index is 12.6. The van der Waals surface area contributed by atoms with Crippen molar-refractivity contribution in [1.82, 2.24) is 0 Å². The molecule has 0 radical (unpaired) electrons. The van der Waals surface area contributed by atoms with E-state index in [1.54, 1.807) is 12.1 Å². The molecule has 0 aliphatic rings. The Labute approximate surface area is 132 Å². The molecule has 0 aromatic heterocycles. The van der Waals surface area contributed by atoms with Gasteiger partial charge in [-0.1, -0.05) is 33.6 Å². The maximum Gasteiger partial charge on any atom is 0.416 e. The van der Waals surface area contributed by atoms with Crippen molar-refractivity contribution in [2.24, 2.45) is 0 Å². The summed E-state index contributed by atoms with van der Waals surface area (Å²) < 4.78 is 38.6. The molecule has 0 spiro atoms. The van der Waals surface area contributed by atoms with Crippen LogP contribution in [0.5, 0.6) is 0 Å². The second-order valence-electron chi connectivity index (χ2n) is 4.48. The fourth-order valence-electron chi connectivity index (χ4n) is 1.91. The number of carbonyl (C=O) groups excluding carboxylic acids is 1. The Morgan fingerprint density at radius 1 is 1.10 bits per heavy atom. The van der Waals surface area contributed by atoms with E-state index < -0.39 is 17.5 Å². The first-order chi connectivity index (χ1) is 9.70. The lowest BCUT2D eigenvalue weighted by atomic mass is 9.97. The third-order valence-corrected chi connectivity index (χ3v) is 3.78. The van der Waals surface area contributed by atoms with E-state index in [9.17, 15) is 18.0 Å². The van der Waals surface area contributed by atoms with E-state index in [-0.39, 0.29) is 21.7 Å². The first-order valence-corrected chi connectivity index (χ1v) is 7.05. The van der Waals surface area contributed by atoms with Crippen LogP contribution < -0.4 is 0 Å². The van der Waals surface area contributed by atoms with Crippen LogP contribution in [-0.2, 0) is 6.18 Å². The van der Waals surface area contributed by atoms with Crippen LogP contribution in [-0.4, -0.2) is 5.78 Å². The van der Waals surface area contributed by atoms with Crippen molar-refractivity contribution in [3.63, 3.8) is 0 Å². The van der Waals surface area contributed by atoms with Gasteiger partial charge in [0.25, 0.3) is 0 Å². The highest BCUT2D eigenvalue weighted by Crippen LogP contribution is 2.31. The minimum absolute atomic E-state index is 0.201. The molecule has 0 unspecified atom stereocenters.